The monoisotopic (exact) mass is 656 g/mol. The van der Waals surface area contributed by atoms with Crippen LogP contribution in [0.15, 0.2) is 107 Å². The molecule has 0 saturated carbocycles. The number of halogens is 1. The number of carbonyl (C=O) groups excluding carboxylic acids is 2. The van der Waals surface area contributed by atoms with Gasteiger partial charge in [-0.3, -0.25) is 14.2 Å². The first-order valence-electron chi connectivity index (χ1n) is 14.2. The fourth-order valence-corrected chi connectivity index (χ4v) is 6.74. The Morgan fingerprint density at radius 3 is 2.58 bits per heavy atom. The molecule has 228 valence electrons. The largest absolute Gasteiger partial charge is 0.497 e. The Balaban J connectivity index is 1.21. The van der Waals surface area contributed by atoms with Crippen molar-refractivity contribution >= 4 is 52.2 Å². The normalized spacial score (nSPS) is 14.3. The second kappa shape index (κ2) is 14.1. The van der Waals surface area contributed by atoms with Crippen LogP contribution < -0.4 is 10.1 Å². The molecule has 5 aromatic rings. The van der Waals surface area contributed by atoms with Crippen LogP contribution in [0.4, 0.5) is 0 Å². The van der Waals surface area contributed by atoms with Crippen molar-refractivity contribution in [3.8, 4) is 11.4 Å². The fourth-order valence-electron chi connectivity index (χ4n) is 5.01. The second-order valence-electron chi connectivity index (χ2n) is 10.2. The molecule has 45 heavy (non-hydrogen) atoms. The molecule has 0 aliphatic carbocycles. The predicted octanol–water partition coefficient (Wildman–Crippen LogP) is 6.32. The highest BCUT2D eigenvalue weighted by Crippen LogP contribution is 2.35. The first kappa shape index (κ1) is 30.6. The first-order chi connectivity index (χ1) is 22.0. The SMILES string of the molecule is COc1ccc([C@H]2CC(c3cccs3)=NN2C(=O)CSc2nnc(CNC(=O)Cc3ccccc3)n2-c2cccc(Cl)c2)cc1. The summed E-state index contributed by atoms with van der Waals surface area (Å²) in [6.45, 7) is 0.153. The molecule has 0 saturated heterocycles. The van der Waals surface area contributed by atoms with Gasteiger partial charge in [0.05, 0.1) is 48.1 Å². The lowest BCUT2D eigenvalue weighted by Gasteiger charge is -2.22. The summed E-state index contributed by atoms with van der Waals surface area (Å²) in [6, 6.07) is 28.3. The van der Waals surface area contributed by atoms with Crippen LogP contribution in [0.1, 0.15) is 34.3 Å². The first-order valence-corrected chi connectivity index (χ1v) is 16.4. The third kappa shape index (κ3) is 7.28. The molecule has 3 aromatic carbocycles. The van der Waals surface area contributed by atoms with E-state index in [2.05, 4.69) is 15.5 Å². The van der Waals surface area contributed by atoms with Gasteiger partial charge in [-0.15, -0.1) is 21.5 Å². The minimum Gasteiger partial charge on any atom is -0.497 e. The number of carbonyl (C=O) groups is 2. The summed E-state index contributed by atoms with van der Waals surface area (Å²) in [6.07, 6.45) is 0.857. The maximum absolute atomic E-state index is 13.8. The summed E-state index contributed by atoms with van der Waals surface area (Å²) in [5, 5.41) is 21.1. The molecule has 0 radical (unpaired) electrons. The molecule has 0 bridgehead atoms. The maximum atomic E-state index is 13.8. The summed E-state index contributed by atoms with van der Waals surface area (Å²) >= 11 is 9.19. The molecule has 12 heteroatoms. The van der Waals surface area contributed by atoms with E-state index >= 15 is 0 Å². The lowest BCUT2D eigenvalue weighted by molar-refractivity contribution is -0.130. The van der Waals surface area contributed by atoms with Crippen LogP contribution in [0.2, 0.25) is 5.02 Å². The molecular weight excluding hydrogens is 628 g/mol. The van der Waals surface area contributed by atoms with E-state index in [0.29, 0.717) is 22.4 Å². The fraction of sp³-hybridized carbons (Fsp3) is 0.182. The van der Waals surface area contributed by atoms with Crippen molar-refractivity contribution < 1.29 is 14.3 Å². The van der Waals surface area contributed by atoms with E-state index in [1.165, 1.54) is 11.8 Å². The van der Waals surface area contributed by atoms with Crippen LogP contribution >= 0.6 is 34.7 Å². The van der Waals surface area contributed by atoms with E-state index in [4.69, 9.17) is 21.4 Å². The zero-order valence-corrected chi connectivity index (χ0v) is 26.7. The lowest BCUT2D eigenvalue weighted by atomic mass is 10.0. The van der Waals surface area contributed by atoms with Crippen LogP contribution in [0.25, 0.3) is 5.69 Å². The number of hydrazone groups is 1. The van der Waals surface area contributed by atoms with Crippen LogP contribution in [0, 0.1) is 0 Å². The topological polar surface area (TPSA) is 102 Å². The van der Waals surface area contributed by atoms with Crippen LogP contribution in [-0.2, 0) is 22.6 Å². The molecule has 1 N–H and O–H groups in total. The summed E-state index contributed by atoms with van der Waals surface area (Å²) < 4.78 is 7.15. The number of aromatic nitrogens is 3. The van der Waals surface area contributed by atoms with Gasteiger partial charge in [-0.2, -0.15) is 5.10 Å². The molecule has 0 unspecified atom stereocenters. The van der Waals surface area contributed by atoms with Crippen molar-refractivity contribution in [2.24, 2.45) is 5.10 Å². The molecule has 9 nitrogen and oxygen atoms in total. The number of thioether (sulfide) groups is 1. The van der Waals surface area contributed by atoms with Gasteiger partial charge in [0.1, 0.15) is 5.75 Å². The number of ether oxygens (including phenoxy) is 1. The Bertz CT molecular complexity index is 1810. The van der Waals surface area contributed by atoms with Gasteiger partial charge >= 0.3 is 0 Å². The third-order valence-corrected chi connectivity index (χ3v) is 9.28. The summed E-state index contributed by atoms with van der Waals surface area (Å²) in [5.74, 6) is 1.04. The number of nitrogens with one attached hydrogen (secondary N) is 1. The Hall–Kier alpha value is -4.45. The zero-order chi connectivity index (χ0) is 31.2. The molecule has 1 aliphatic rings. The van der Waals surface area contributed by atoms with Gasteiger partial charge in [-0.1, -0.05) is 78.0 Å². The van der Waals surface area contributed by atoms with Crippen molar-refractivity contribution in [3.05, 3.63) is 123 Å². The van der Waals surface area contributed by atoms with Crippen LogP contribution in [0.5, 0.6) is 5.75 Å². The number of benzene rings is 3. The third-order valence-electron chi connectivity index (χ3n) is 7.21. The minimum atomic E-state index is -0.248. The van der Waals surface area contributed by atoms with Gasteiger partial charge in [0, 0.05) is 11.4 Å². The van der Waals surface area contributed by atoms with Crippen molar-refractivity contribution in [2.45, 2.75) is 30.6 Å². The Morgan fingerprint density at radius 1 is 1.02 bits per heavy atom. The number of thiophene rings is 1. The van der Waals surface area contributed by atoms with E-state index in [0.717, 1.165) is 33.2 Å². The molecule has 2 aromatic heterocycles. The van der Waals surface area contributed by atoms with Gasteiger partial charge < -0.3 is 10.1 Å². The molecule has 0 fully saturated rings. The summed E-state index contributed by atoms with van der Waals surface area (Å²) in [7, 11) is 1.63. The Kier molecular flexibility index (Phi) is 9.58. The average molecular weight is 657 g/mol. The van der Waals surface area contributed by atoms with Gasteiger partial charge in [0.2, 0.25) is 5.91 Å². The van der Waals surface area contributed by atoms with Crippen molar-refractivity contribution in [3.63, 3.8) is 0 Å². The smallest absolute Gasteiger partial charge is 0.253 e. The molecule has 2 amide bonds. The summed E-state index contributed by atoms with van der Waals surface area (Å²) in [4.78, 5) is 27.5. The zero-order valence-electron chi connectivity index (χ0n) is 24.3. The van der Waals surface area contributed by atoms with E-state index in [1.807, 2.05) is 88.8 Å². The molecule has 3 heterocycles. The van der Waals surface area contributed by atoms with Crippen molar-refractivity contribution in [1.82, 2.24) is 25.1 Å². The van der Waals surface area contributed by atoms with Gasteiger partial charge in [-0.05, 0) is 52.9 Å². The van der Waals surface area contributed by atoms with Gasteiger partial charge in [0.25, 0.3) is 5.91 Å². The summed E-state index contributed by atoms with van der Waals surface area (Å²) in [5.41, 5.74) is 3.49. The standard InChI is InChI=1S/C33H29ClN6O3S2/c1-43-26-14-12-23(13-15-26)28-19-27(29-11-6-16-44-29)38-40(28)32(42)21-45-33-37-36-30(39(33)25-10-5-9-24(34)18-25)20-35-31(41)17-22-7-3-2-4-8-22/h2-16,18,28H,17,19-21H2,1H3,(H,35,41)/t28-/m1/s1. The van der Waals surface area contributed by atoms with Crippen LogP contribution in [0.3, 0.4) is 0 Å². The van der Waals surface area contributed by atoms with E-state index < -0.39 is 0 Å². The lowest BCUT2D eigenvalue weighted by Crippen LogP contribution is -2.28. The number of amides is 2. The van der Waals surface area contributed by atoms with Gasteiger partial charge in [-0.25, -0.2) is 5.01 Å². The van der Waals surface area contributed by atoms with Crippen LogP contribution in [-0.4, -0.2) is 50.2 Å². The number of methoxy groups -OCH3 is 1. The number of hydrogen-bond acceptors (Lipinski definition) is 8. The Labute approximate surface area is 273 Å². The highest BCUT2D eigenvalue weighted by atomic mass is 35.5. The molecule has 1 atom stereocenters. The number of hydrogen-bond donors (Lipinski definition) is 1. The maximum Gasteiger partial charge on any atom is 0.253 e. The molecule has 6 rings (SSSR count). The molecule has 0 spiro atoms. The van der Waals surface area contributed by atoms with Crippen molar-refractivity contribution in [2.75, 3.05) is 12.9 Å². The second-order valence-corrected chi connectivity index (χ2v) is 12.5. The highest BCUT2D eigenvalue weighted by Gasteiger charge is 2.33. The number of nitrogens with zero attached hydrogens (tertiary/aromatic N) is 5. The quantitative estimate of drug-likeness (QED) is 0.167. The predicted molar refractivity (Wildman–Crippen MR) is 177 cm³/mol. The number of rotatable bonds is 11. The highest BCUT2D eigenvalue weighted by molar-refractivity contribution is 7.99. The molecular formula is C33H29ClN6O3S2. The van der Waals surface area contributed by atoms with E-state index in [-0.39, 0.29) is 36.6 Å². The van der Waals surface area contributed by atoms with E-state index in [9.17, 15) is 9.59 Å². The Morgan fingerprint density at radius 2 is 1.84 bits per heavy atom. The van der Waals surface area contributed by atoms with E-state index in [1.54, 1.807) is 35.6 Å². The van der Waals surface area contributed by atoms with Crippen molar-refractivity contribution in [1.29, 1.82) is 0 Å². The average Bonchev–Trinajstić information content (AvgIpc) is 3.83. The minimum absolute atomic E-state index is 0.0763. The molecule has 1 aliphatic heterocycles. The van der Waals surface area contributed by atoms with Gasteiger partial charge in [0.15, 0.2) is 11.0 Å².